The van der Waals surface area contributed by atoms with E-state index in [9.17, 15) is 5.11 Å². The maximum absolute atomic E-state index is 9.88. The molecule has 1 saturated heterocycles. The molecule has 0 radical (unpaired) electrons. The lowest BCUT2D eigenvalue weighted by molar-refractivity contribution is 0.0962. The van der Waals surface area contributed by atoms with Crippen LogP contribution in [0.5, 0.6) is 0 Å². The van der Waals surface area contributed by atoms with Crippen molar-refractivity contribution in [3.8, 4) is 0 Å². The molecule has 3 nitrogen and oxygen atoms in total. The van der Waals surface area contributed by atoms with E-state index in [0.29, 0.717) is 11.3 Å². The largest absolute Gasteiger partial charge is 0.394 e. The molecule has 0 spiro atoms. The van der Waals surface area contributed by atoms with Gasteiger partial charge in [-0.1, -0.05) is 20.8 Å². The van der Waals surface area contributed by atoms with Crippen molar-refractivity contribution >= 4 is 0 Å². The second kappa shape index (κ2) is 6.33. The highest BCUT2D eigenvalue weighted by Gasteiger charge is 2.45. The molecule has 3 heteroatoms. The van der Waals surface area contributed by atoms with Crippen molar-refractivity contribution in [2.45, 2.75) is 58.4 Å². The third-order valence-corrected chi connectivity index (χ3v) is 5.69. The van der Waals surface area contributed by atoms with Gasteiger partial charge in [-0.2, -0.15) is 0 Å². The number of nitrogens with zero attached hydrogens (tertiary/aromatic N) is 1. The van der Waals surface area contributed by atoms with E-state index in [1.807, 2.05) is 7.05 Å². The normalized spacial score (nSPS) is 28.9. The molecular formula is C17H34N2O. The summed E-state index contributed by atoms with van der Waals surface area (Å²) in [5.41, 5.74) is 0.380. The summed E-state index contributed by atoms with van der Waals surface area (Å²) in [4.78, 5) is 2.59. The molecule has 118 valence electrons. The number of aliphatic hydroxyl groups excluding tert-OH is 1. The van der Waals surface area contributed by atoms with Gasteiger partial charge in [0.15, 0.2) is 0 Å². The molecule has 0 amide bonds. The van der Waals surface area contributed by atoms with Crippen LogP contribution in [0, 0.1) is 17.3 Å². The van der Waals surface area contributed by atoms with Crippen LogP contribution in [0.25, 0.3) is 0 Å². The number of aliphatic hydroxyl groups is 1. The zero-order valence-electron chi connectivity index (χ0n) is 13.9. The number of hydrogen-bond donors (Lipinski definition) is 2. The number of hydrogen-bond acceptors (Lipinski definition) is 3. The van der Waals surface area contributed by atoms with Gasteiger partial charge >= 0.3 is 0 Å². The molecular weight excluding hydrogens is 248 g/mol. The Kier molecular flexibility index (Phi) is 5.14. The van der Waals surface area contributed by atoms with E-state index in [1.165, 1.54) is 45.2 Å². The molecule has 0 bridgehead atoms. The Morgan fingerprint density at radius 3 is 2.25 bits per heavy atom. The van der Waals surface area contributed by atoms with E-state index in [2.05, 4.69) is 31.0 Å². The first kappa shape index (κ1) is 16.3. The van der Waals surface area contributed by atoms with Gasteiger partial charge in [0.25, 0.3) is 0 Å². The summed E-state index contributed by atoms with van der Waals surface area (Å²) in [5, 5.41) is 13.3. The summed E-state index contributed by atoms with van der Waals surface area (Å²) in [6, 6.07) is 0. The fourth-order valence-electron chi connectivity index (χ4n) is 3.89. The highest BCUT2D eigenvalue weighted by Crippen LogP contribution is 2.40. The van der Waals surface area contributed by atoms with Crippen molar-refractivity contribution in [3.63, 3.8) is 0 Å². The highest BCUT2D eigenvalue weighted by atomic mass is 16.3. The van der Waals surface area contributed by atoms with E-state index < -0.39 is 0 Å². The van der Waals surface area contributed by atoms with Crippen LogP contribution in [0.2, 0.25) is 0 Å². The van der Waals surface area contributed by atoms with Crippen LogP contribution in [0.4, 0.5) is 0 Å². The van der Waals surface area contributed by atoms with Crippen LogP contribution in [0.3, 0.4) is 0 Å². The fourth-order valence-corrected chi connectivity index (χ4v) is 3.89. The molecule has 2 rings (SSSR count). The first-order valence-corrected chi connectivity index (χ1v) is 8.43. The monoisotopic (exact) mass is 282 g/mol. The standard InChI is InChI=1S/C17H34N2O/c1-16(2,3)14-6-5-10-19(11-9-14)12-17(13-20,18-4)15-7-8-15/h14-15,18,20H,5-13H2,1-4H3. The van der Waals surface area contributed by atoms with Crippen LogP contribution in [0.15, 0.2) is 0 Å². The average molecular weight is 282 g/mol. The van der Waals surface area contributed by atoms with Crippen molar-refractivity contribution in [2.75, 3.05) is 33.3 Å². The van der Waals surface area contributed by atoms with Crippen LogP contribution < -0.4 is 5.32 Å². The molecule has 1 heterocycles. The van der Waals surface area contributed by atoms with Gasteiger partial charge in [0, 0.05) is 6.54 Å². The predicted molar refractivity (Wildman–Crippen MR) is 84.8 cm³/mol. The van der Waals surface area contributed by atoms with Crippen molar-refractivity contribution < 1.29 is 5.11 Å². The van der Waals surface area contributed by atoms with Crippen molar-refractivity contribution in [1.82, 2.24) is 10.2 Å². The van der Waals surface area contributed by atoms with Crippen LogP contribution in [0.1, 0.15) is 52.9 Å². The molecule has 2 aliphatic rings. The number of likely N-dealkylation sites (N-methyl/N-ethyl adjacent to an activating group) is 1. The minimum absolute atomic E-state index is 0.0540. The summed E-state index contributed by atoms with van der Waals surface area (Å²) in [7, 11) is 2.02. The number of likely N-dealkylation sites (tertiary alicyclic amines) is 1. The lowest BCUT2D eigenvalue weighted by Gasteiger charge is -2.37. The van der Waals surface area contributed by atoms with Gasteiger partial charge in [0.05, 0.1) is 12.1 Å². The number of rotatable bonds is 5. The Morgan fingerprint density at radius 2 is 1.75 bits per heavy atom. The van der Waals surface area contributed by atoms with Gasteiger partial charge < -0.3 is 15.3 Å². The Hall–Kier alpha value is -0.120. The molecule has 2 atom stereocenters. The second-order valence-electron chi connectivity index (χ2n) is 8.11. The Balaban J connectivity index is 1.93. The molecule has 0 aromatic heterocycles. The third kappa shape index (κ3) is 3.75. The van der Waals surface area contributed by atoms with E-state index in [-0.39, 0.29) is 12.1 Å². The summed E-state index contributed by atoms with van der Waals surface area (Å²) in [6.45, 7) is 10.8. The van der Waals surface area contributed by atoms with Gasteiger partial charge in [-0.05, 0) is 69.5 Å². The van der Waals surface area contributed by atoms with Gasteiger partial charge in [-0.25, -0.2) is 0 Å². The maximum Gasteiger partial charge on any atom is 0.0628 e. The van der Waals surface area contributed by atoms with Gasteiger partial charge in [0.2, 0.25) is 0 Å². The van der Waals surface area contributed by atoms with Crippen molar-refractivity contribution in [3.05, 3.63) is 0 Å². The smallest absolute Gasteiger partial charge is 0.0628 e. The van der Waals surface area contributed by atoms with Crippen LogP contribution in [-0.4, -0.2) is 48.8 Å². The van der Waals surface area contributed by atoms with Crippen LogP contribution >= 0.6 is 0 Å². The van der Waals surface area contributed by atoms with Crippen molar-refractivity contribution in [1.29, 1.82) is 0 Å². The predicted octanol–water partition coefficient (Wildman–Crippen LogP) is 2.50. The molecule has 1 aliphatic carbocycles. The van der Waals surface area contributed by atoms with Crippen LogP contribution in [-0.2, 0) is 0 Å². The first-order valence-electron chi connectivity index (χ1n) is 8.43. The van der Waals surface area contributed by atoms with E-state index in [0.717, 1.165) is 12.5 Å². The molecule has 20 heavy (non-hydrogen) atoms. The molecule has 1 saturated carbocycles. The summed E-state index contributed by atoms with van der Waals surface area (Å²) < 4.78 is 0. The molecule has 2 unspecified atom stereocenters. The third-order valence-electron chi connectivity index (χ3n) is 5.69. The van der Waals surface area contributed by atoms with E-state index in [4.69, 9.17) is 0 Å². The fraction of sp³-hybridized carbons (Fsp3) is 1.00. The molecule has 0 aromatic rings. The zero-order valence-corrected chi connectivity index (χ0v) is 13.9. The molecule has 2 N–H and O–H groups in total. The Labute approximate surface area is 125 Å². The molecule has 2 fully saturated rings. The SMILES string of the molecule is CNC(CO)(CN1CCCC(C(C)(C)C)CC1)C1CC1. The minimum atomic E-state index is -0.0540. The van der Waals surface area contributed by atoms with Gasteiger partial charge in [-0.15, -0.1) is 0 Å². The molecule has 1 aliphatic heterocycles. The Morgan fingerprint density at radius 1 is 1.05 bits per heavy atom. The van der Waals surface area contributed by atoms with E-state index >= 15 is 0 Å². The lowest BCUT2D eigenvalue weighted by atomic mass is 9.77. The summed E-state index contributed by atoms with van der Waals surface area (Å²) >= 11 is 0. The zero-order chi connectivity index (χ0) is 14.8. The topological polar surface area (TPSA) is 35.5 Å². The molecule has 0 aromatic carbocycles. The quantitative estimate of drug-likeness (QED) is 0.813. The van der Waals surface area contributed by atoms with Gasteiger partial charge in [-0.3, -0.25) is 0 Å². The summed E-state index contributed by atoms with van der Waals surface area (Å²) in [6.07, 6.45) is 6.52. The summed E-state index contributed by atoms with van der Waals surface area (Å²) in [5.74, 6) is 1.52. The van der Waals surface area contributed by atoms with Gasteiger partial charge in [0.1, 0.15) is 0 Å². The average Bonchev–Trinajstić information content (AvgIpc) is 3.22. The Bertz CT molecular complexity index is 303. The van der Waals surface area contributed by atoms with E-state index in [1.54, 1.807) is 0 Å². The minimum Gasteiger partial charge on any atom is -0.394 e. The second-order valence-corrected chi connectivity index (χ2v) is 8.11. The highest BCUT2D eigenvalue weighted by molar-refractivity contribution is 5.02. The lowest BCUT2D eigenvalue weighted by Crippen LogP contribution is -2.56. The van der Waals surface area contributed by atoms with Crippen molar-refractivity contribution in [2.24, 2.45) is 17.3 Å². The maximum atomic E-state index is 9.88. The first-order chi connectivity index (χ1) is 9.41. The number of nitrogens with one attached hydrogen (secondary N) is 1.